The van der Waals surface area contributed by atoms with Crippen molar-refractivity contribution in [2.24, 2.45) is 0 Å². The van der Waals surface area contributed by atoms with E-state index in [-0.39, 0.29) is 0 Å². The van der Waals surface area contributed by atoms with Gasteiger partial charge in [-0.1, -0.05) is 0 Å². The van der Waals surface area contributed by atoms with E-state index in [0.717, 1.165) is 0 Å². The summed E-state index contributed by atoms with van der Waals surface area (Å²) in [5.74, 6) is -9.98. The minimum absolute atomic E-state index is 3.32. The Bertz CT molecular complexity index is 566. The molecule has 3 aliphatic carbocycles. The molecule has 0 aromatic heterocycles. The van der Waals surface area contributed by atoms with Crippen LogP contribution in [0.3, 0.4) is 0 Å². The Morgan fingerprint density at radius 1 is 0.206 bits per heavy atom. The van der Waals surface area contributed by atoms with Gasteiger partial charge in [-0.15, -0.1) is 0 Å². The van der Waals surface area contributed by atoms with Gasteiger partial charge in [0.15, 0.2) is 62.3 Å². The summed E-state index contributed by atoms with van der Waals surface area (Å²) in [5.41, 5.74) is 0. The second-order valence-electron chi connectivity index (χ2n) is 8.98. The van der Waals surface area contributed by atoms with E-state index in [1.807, 2.05) is 0 Å². The van der Waals surface area contributed by atoms with Gasteiger partial charge in [-0.25, -0.2) is 65.9 Å². The highest BCUT2D eigenvalue weighted by molar-refractivity contribution is 6.65. The van der Waals surface area contributed by atoms with E-state index in [9.17, 15) is 65.9 Å². The van der Waals surface area contributed by atoms with Crippen molar-refractivity contribution in [1.82, 2.24) is 0 Å². The highest BCUT2D eigenvalue weighted by atomic mass is 19.2. The molecule has 0 radical (unpaired) electrons. The highest BCUT2D eigenvalue weighted by Gasteiger charge is 2.69. The zero-order valence-corrected chi connectivity index (χ0v) is 16.6. The summed E-state index contributed by atoms with van der Waals surface area (Å²) < 4.78 is 213. The number of alkyl halides is 15. The lowest BCUT2D eigenvalue weighted by Crippen LogP contribution is -2.66. The van der Waals surface area contributed by atoms with Crippen LogP contribution < -0.4 is 0 Å². The van der Waals surface area contributed by atoms with Crippen molar-refractivity contribution in [1.29, 1.82) is 0 Å². The largest absolute Gasteiger partial charge is 0.245 e. The van der Waals surface area contributed by atoms with Crippen molar-refractivity contribution in [3.05, 3.63) is 0 Å². The first-order valence-corrected chi connectivity index (χ1v) is 10.3. The monoisotopic (exact) mass is 530 g/mol. The summed E-state index contributed by atoms with van der Waals surface area (Å²) in [7, 11) is 0. The van der Waals surface area contributed by atoms with Gasteiger partial charge in [0.05, 0.1) is 0 Å². The Morgan fingerprint density at radius 2 is 0.324 bits per heavy atom. The fourth-order valence-corrected chi connectivity index (χ4v) is 5.42. The lowest BCUT2D eigenvalue weighted by Gasteiger charge is -2.50. The maximum Gasteiger partial charge on any atom is 0.171 e. The van der Waals surface area contributed by atoms with Gasteiger partial charge in [0.2, 0.25) is 0 Å². The fourth-order valence-electron chi connectivity index (χ4n) is 5.42. The van der Waals surface area contributed by atoms with Gasteiger partial charge in [-0.3, -0.25) is 0 Å². The van der Waals surface area contributed by atoms with Gasteiger partial charge in [0.25, 0.3) is 0 Å². The molecule has 0 aliphatic heterocycles. The summed E-state index contributed by atoms with van der Waals surface area (Å²) in [5, 5.41) is 0. The minimum Gasteiger partial charge on any atom is -0.245 e. The SMILES string of the molecule is FC1C(F)[C@H](B([C@H]2C(F)C(F)[C@@H](F)C(F)C2F)[C@H]2C(F)C(F)[C@@H](F)C(F)C2F)C(F)C(F)[C@@H]1F. The summed E-state index contributed by atoms with van der Waals surface area (Å²) >= 11 is 0. The predicted molar refractivity (Wildman–Crippen MR) is 90.4 cm³/mol. The first-order valence-electron chi connectivity index (χ1n) is 10.3. The third kappa shape index (κ3) is 4.05. The molecular formula is C18H18BF15. The quantitative estimate of drug-likeness (QED) is 0.325. The van der Waals surface area contributed by atoms with Gasteiger partial charge in [0, 0.05) is 17.5 Å². The number of halogens is 15. The molecule has 0 aromatic rings. The second kappa shape index (κ2) is 9.81. The molecule has 198 valence electrons. The van der Waals surface area contributed by atoms with E-state index in [1.165, 1.54) is 0 Å². The average Bonchev–Trinajstić information content (AvgIpc) is 2.81. The Hall–Kier alpha value is -0.985. The molecule has 0 saturated heterocycles. The standard InChI is InChI=1S/C18H18BF15/c20-4-1(5(21)11(27)16(32)10(4)26)19(2-6(22)12(28)17(33)13(29)7(2)23)3-8(24)14(30)18(34)15(31)9(3)25/h1-18H/t1-,2-,3-,4?,5?,6?,7?,8?,9?,10?,11?,12?,13?,14?,15?,16+,17+,18+. The average molecular weight is 530 g/mol. The molecule has 0 heterocycles. The normalized spacial score (nSPS) is 59.0. The molecule has 3 rings (SSSR count). The van der Waals surface area contributed by atoms with E-state index in [4.69, 9.17) is 0 Å². The summed E-state index contributed by atoms with van der Waals surface area (Å²) in [6, 6.07) is 0. The van der Waals surface area contributed by atoms with Crippen LogP contribution in [0.15, 0.2) is 0 Å². The zero-order valence-electron chi connectivity index (χ0n) is 16.6. The van der Waals surface area contributed by atoms with Crippen LogP contribution in [0.1, 0.15) is 0 Å². The number of hydrogen-bond acceptors (Lipinski definition) is 0. The summed E-state index contributed by atoms with van der Waals surface area (Å²) in [4.78, 5) is 0. The van der Waals surface area contributed by atoms with E-state index >= 15 is 0 Å². The maximum absolute atomic E-state index is 14.7. The van der Waals surface area contributed by atoms with Crippen molar-refractivity contribution >= 4 is 6.71 Å². The molecule has 3 saturated carbocycles. The van der Waals surface area contributed by atoms with Crippen LogP contribution in [-0.4, -0.2) is 99.3 Å². The lowest BCUT2D eigenvalue weighted by atomic mass is 9.22. The lowest BCUT2D eigenvalue weighted by molar-refractivity contribution is -0.0717. The van der Waals surface area contributed by atoms with Crippen LogP contribution in [0.5, 0.6) is 0 Å². The predicted octanol–water partition coefficient (Wildman–Crippen LogP) is 5.70. The second-order valence-corrected chi connectivity index (χ2v) is 8.98. The van der Waals surface area contributed by atoms with E-state index < -0.39 is 117 Å². The molecule has 12 atom stereocenters. The molecule has 3 aliphatic rings. The molecule has 0 aromatic carbocycles. The van der Waals surface area contributed by atoms with Crippen molar-refractivity contribution in [3.63, 3.8) is 0 Å². The Labute approximate surface area is 183 Å². The number of hydrogen-bond donors (Lipinski definition) is 0. The fraction of sp³-hybridized carbons (Fsp3) is 1.00. The zero-order chi connectivity index (χ0) is 26.0. The van der Waals surface area contributed by atoms with Crippen LogP contribution in [0.2, 0.25) is 17.5 Å². The van der Waals surface area contributed by atoms with Gasteiger partial charge >= 0.3 is 0 Å². The van der Waals surface area contributed by atoms with Crippen molar-refractivity contribution in [2.75, 3.05) is 0 Å². The molecule has 0 amide bonds. The smallest absolute Gasteiger partial charge is 0.171 e. The first kappa shape index (κ1) is 27.6. The highest BCUT2D eigenvalue weighted by Crippen LogP contribution is 2.56. The van der Waals surface area contributed by atoms with Crippen molar-refractivity contribution < 1.29 is 65.9 Å². The molecule has 3 fully saturated rings. The van der Waals surface area contributed by atoms with Gasteiger partial charge in [-0.05, 0) is 0 Å². The van der Waals surface area contributed by atoms with Crippen molar-refractivity contribution in [3.8, 4) is 0 Å². The number of rotatable bonds is 3. The minimum atomic E-state index is -3.67. The molecular weight excluding hydrogens is 512 g/mol. The molecule has 34 heavy (non-hydrogen) atoms. The van der Waals surface area contributed by atoms with E-state index in [1.54, 1.807) is 0 Å². The van der Waals surface area contributed by atoms with Crippen LogP contribution in [0.25, 0.3) is 0 Å². The van der Waals surface area contributed by atoms with Crippen molar-refractivity contribution in [2.45, 2.75) is 110 Å². The molecule has 0 bridgehead atoms. The first-order chi connectivity index (χ1) is 15.7. The van der Waals surface area contributed by atoms with Crippen LogP contribution >= 0.6 is 0 Å². The van der Waals surface area contributed by atoms with Gasteiger partial charge in [0.1, 0.15) is 37.0 Å². The Balaban J connectivity index is 2.18. The Kier molecular flexibility index (Phi) is 7.97. The summed E-state index contributed by atoms with van der Waals surface area (Å²) in [6.07, 6.45) is -54.3. The van der Waals surface area contributed by atoms with Crippen LogP contribution in [0, 0.1) is 0 Å². The van der Waals surface area contributed by atoms with E-state index in [0.29, 0.717) is 0 Å². The van der Waals surface area contributed by atoms with Gasteiger partial charge in [-0.2, -0.15) is 0 Å². The van der Waals surface area contributed by atoms with E-state index in [2.05, 4.69) is 0 Å². The third-order valence-electron chi connectivity index (χ3n) is 7.19. The molecule has 0 spiro atoms. The van der Waals surface area contributed by atoms with Crippen LogP contribution in [0.4, 0.5) is 65.9 Å². The Morgan fingerprint density at radius 3 is 0.471 bits per heavy atom. The molecule has 0 N–H and O–H groups in total. The third-order valence-corrected chi connectivity index (χ3v) is 7.19. The topological polar surface area (TPSA) is 0 Å². The molecule has 12 unspecified atom stereocenters. The van der Waals surface area contributed by atoms with Crippen LogP contribution in [-0.2, 0) is 0 Å². The summed E-state index contributed by atoms with van der Waals surface area (Å²) in [6.45, 7) is -3.32. The maximum atomic E-state index is 14.7. The molecule has 16 heteroatoms. The molecule has 0 nitrogen and oxygen atoms in total. The van der Waals surface area contributed by atoms with Gasteiger partial charge < -0.3 is 0 Å².